The van der Waals surface area contributed by atoms with Crippen LogP contribution in [0.25, 0.3) is 11.0 Å². The molecule has 0 bridgehead atoms. The third kappa shape index (κ3) is 3.17. The van der Waals surface area contributed by atoms with Gasteiger partial charge in [-0.3, -0.25) is 5.84 Å². The molecule has 0 saturated carbocycles. The summed E-state index contributed by atoms with van der Waals surface area (Å²) < 4.78 is 19.3. The zero-order valence-electron chi connectivity index (χ0n) is 12.0. The molecule has 0 aliphatic rings. The Labute approximate surface area is 118 Å². The van der Waals surface area contributed by atoms with Crippen LogP contribution in [0.15, 0.2) is 28.7 Å². The molecule has 4 nitrogen and oxygen atoms in total. The van der Waals surface area contributed by atoms with Crippen LogP contribution in [-0.2, 0) is 0 Å². The predicted molar refractivity (Wildman–Crippen MR) is 78.6 cm³/mol. The number of nitrogens with zero attached hydrogens (tertiary/aromatic N) is 1. The van der Waals surface area contributed by atoms with Gasteiger partial charge in [-0.25, -0.2) is 9.82 Å². The summed E-state index contributed by atoms with van der Waals surface area (Å²) in [6, 6.07) is 6.66. The van der Waals surface area contributed by atoms with Crippen LogP contribution >= 0.6 is 0 Å². The molecule has 0 saturated heterocycles. The lowest BCUT2D eigenvalue weighted by atomic mass is 10.1. The average molecular weight is 279 g/mol. The first-order valence-corrected chi connectivity index (χ1v) is 7.06. The van der Waals surface area contributed by atoms with Crippen molar-refractivity contribution in [1.29, 1.82) is 0 Å². The summed E-state index contributed by atoms with van der Waals surface area (Å²) in [5.74, 6) is 5.95. The number of nitrogens with one attached hydrogen (secondary N) is 1. The van der Waals surface area contributed by atoms with Crippen LogP contribution in [0.3, 0.4) is 0 Å². The summed E-state index contributed by atoms with van der Waals surface area (Å²) in [6.07, 6.45) is 0.819. The Balaban J connectivity index is 2.15. The highest BCUT2D eigenvalue weighted by atomic mass is 19.1. The lowest BCUT2D eigenvalue weighted by Gasteiger charge is -2.21. The second-order valence-corrected chi connectivity index (χ2v) is 4.84. The molecule has 3 N–H and O–H groups in total. The van der Waals surface area contributed by atoms with Gasteiger partial charge in [-0.05, 0) is 31.6 Å². The average Bonchev–Trinajstić information content (AvgIpc) is 2.89. The maximum atomic E-state index is 13.6. The molecule has 20 heavy (non-hydrogen) atoms. The Morgan fingerprint density at radius 3 is 2.70 bits per heavy atom. The van der Waals surface area contributed by atoms with Crippen molar-refractivity contribution in [2.45, 2.75) is 26.3 Å². The van der Waals surface area contributed by atoms with E-state index in [4.69, 9.17) is 10.3 Å². The Morgan fingerprint density at radius 2 is 2.10 bits per heavy atom. The smallest absolute Gasteiger partial charge is 0.169 e. The minimum atomic E-state index is -0.340. The number of nitrogens with two attached hydrogens (primary N) is 1. The Kier molecular flexibility index (Phi) is 5.11. The third-order valence-electron chi connectivity index (χ3n) is 3.69. The van der Waals surface area contributed by atoms with Gasteiger partial charge in [0.15, 0.2) is 11.4 Å². The van der Waals surface area contributed by atoms with Crippen LogP contribution in [0.5, 0.6) is 0 Å². The Hall–Kier alpha value is -1.43. The van der Waals surface area contributed by atoms with Gasteiger partial charge in [0.2, 0.25) is 0 Å². The van der Waals surface area contributed by atoms with Gasteiger partial charge in [0, 0.05) is 11.9 Å². The number of hydrogen-bond donors (Lipinski definition) is 2. The molecule has 1 atom stereocenters. The lowest BCUT2D eigenvalue weighted by molar-refractivity contribution is 0.273. The molecule has 0 aliphatic heterocycles. The van der Waals surface area contributed by atoms with Crippen LogP contribution < -0.4 is 11.3 Å². The van der Waals surface area contributed by atoms with E-state index in [0.717, 1.165) is 31.4 Å². The highest BCUT2D eigenvalue weighted by Crippen LogP contribution is 2.27. The molecular weight excluding hydrogens is 257 g/mol. The summed E-state index contributed by atoms with van der Waals surface area (Å²) in [4.78, 5) is 2.31. The molecule has 1 aromatic carbocycles. The summed E-state index contributed by atoms with van der Waals surface area (Å²) in [5.41, 5.74) is 3.06. The fraction of sp³-hybridized carbons (Fsp3) is 0.467. The molecule has 5 heteroatoms. The quantitative estimate of drug-likeness (QED) is 0.604. The van der Waals surface area contributed by atoms with Crippen molar-refractivity contribution in [2.75, 3.05) is 19.6 Å². The van der Waals surface area contributed by atoms with Gasteiger partial charge in [0.1, 0.15) is 5.76 Å². The lowest BCUT2D eigenvalue weighted by Crippen LogP contribution is -2.32. The van der Waals surface area contributed by atoms with Crippen LogP contribution in [0.2, 0.25) is 0 Å². The molecule has 0 radical (unpaired) electrons. The van der Waals surface area contributed by atoms with Gasteiger partial charge in [-0.15, -0.1) is 0 Å². The fourth-order valence-electron chi connectivity index (χ4n) is 2.38. The van der Waals surface area contributed by atoms with Gasteiger partial charge >= 0.3 is 0 Å². The number of hydrazine groups is 1. The van der Waals surface area contributed by atoms with Crippen molar-refractivity contribution in [3.63, 3.8) is 0 Å². The van der Waals surface area contributed by atoms with E-state index >= 15 is 0 Å². The molecule has 1 aromatic heterocycles. The fourth-order valence-corrected chi connectivity index (χ4v) is 2.38. The second kappa shape index (κ2) is 6.83. The first-order chi connectivity index (χ1) is 9.69. The summed E-state index contributed by atoms with van der Waals surface area (Å²) in [5, 5.41) is 0.767. The van der Waals surface area contributed by atoms with Crippen molar-refractivity contribution < 1.29 is 8.81 Å². The molecular formula is C15H22FN3O. The normalized spacial score (nSPS) is 13.2. The van der Waals surface area contributed by atoms with Crippen molar-refractivity contribution in [2.24, 2.45) is 5.84 Å². The number of fused-ring (bicyclic) bond motifs is 1. The number of hydrogen-bond acceptors (Lipinski definition) is 4. The molecule has 1 heterocycles. The predicted octanol–water partition coefficient (Wildman–Crippen LogP) is 2.81. The van der Waals surface area contributed by atoms with Gasteiger partial charge in [-0.1, -0.05) is 26.0 Å². The molecule has 0 fully saturated rings. The number of para-hydroxylation sites is 1. The summed E-state index contributed by atoms with van der Waals surface area (Å²) in [7, 11) is 0. The van der Waals surface area contributed by atoms with E-state index in [1.807, 2.05) is 12.1 Å². The van der Waals surface area contributed by atoms with E-state index in [0.29, 0.717) is 11.3 Å². The minimum absolute atomic E-state index is 0.109. The van der Waals surface area contributed by atoms with Crippen molar-refractivity contribution in [1.82, 2.24) is 10.3 Å². The van der Waals surface area contributed by atoms with Gasteiger partial charge in [0.25, 0.3) is 0 Å². The first-order valence-electron chi connectivity index (χ1n) is 7.06. The molecule has 2 rings (SSSR count). The van der Waals surface area contributed by atoms with E-state index in [-0.39, 0.29) is 11.9 Å². The molecule has 1 unspecified atom stereocenters. The number of halogens is 1. The van der Waals surface area contributed by atoms with E-state index < -0.39 is 0 Å². The van der Waals surface area contributed by atoms with Gasteiger partial charge in [0.05, 0.1) is 6.04 Å². The van der Waals surface area contributed by atoms with Crippen LogP contribution in [0.4, 0.5) is 4.39 Å². The number of benzene rings is 1. The monoisotopic (exact) mass is 279 g/mol. The summed E-state index contributed by atoms with van der Waals surface area (Å²) in [6.45, 7) is 7.18. The third-order valence-corrected chi connectivity index (χ3v) is 3.69. The molecule has 110 valence electrons. The molecule has 0 spiro atoms. The van der Waals surface area contributed by atoms with Gasteiger partial charge in [-0.2, -0.15) is 0 Å². The Bertz CT molecular complexity index is 551. The minimum Gasteiger partial charge on any atom is -0.456 e. The highest BCUT2D eigenvalue weighted by molar-refractivity contribution is 5.78. The van der Waals surface area contributed by atoms with E-state index in [1.165, 1.54) is 6.07 Å². The second-order valence-electron chi connectivity index (χ2n) is 4.84. The molecule has 0 aliphatic carbocycles. The topological polar surface area (TPSA) is 54.4 Å². The molecule has 2 aromatic rings. The Morgan fingerprint density at radius 1 is 1.35 bits per heavy atom. The summed E-state index contributed by atoms with van der Waals surface area (Å²) >= 11 is 0. The standard InChI is InChI=1S/C15H22FN3O/c1-3-19(4-2)9-8-13(18-17)14-10-11-6-5-7-12(16)15(11)20-14/h5-7,10,13,18H,3-4,8-9,17H2,1-2H3. The van der Waals surface area contributed by atoms with Crippen molar-refractivity contribution >= 4 is 11.0 Å². The largest absolute Gasteiger partial charge is 0.456 e. The van der Waals surface area contributed by atoms with E-state index in [9.17, 15) is 4.39 Å². The SMILES string of the molecule is CCN(CC)CCC(NN)c1cc2cccc(F)c2o1. The van der Waals surface area contributed by atoms with Crippen molar-refractivity contribution in [3.05, 3.63) is 35.8 Å². The van der Waals surface area contributed by atoms with Crippen LogP contribution in [-0.4, -0.2) is 24.5 Å². The van der Waals surface area contributed by atoms with E-state index in [2.05, 4.69) is 24.2 Å². The van der Waals surface area contributed by atoms with Crippen LogP contribution in [0.1, 0.15) is 32.1 Å². The van der Waals surface area contributed by atoms with E-state index in [1.54, 1.807) is 6.07 Å². The number of rotatable bonds is 7. The maximum absolute atomic E-state index is 13.6. The van der Waals surface area contributed by atoms with Gasteiger partial charge < -0.3 is 9.32 Å². The van der Waals surface area contributed by atoms with Crippen molar-refractivity contribution in [3.8, 4) is 0 Å². The number of furan rings is 1. The molecule has 0 amide bonds. The highest BCUT2D eigenvalue weighted by Gasteiger charge is 2.17. The zero-order chi connectivity index (χ0) is 14.5. The zero-order valence-corrected chi connectivity index (χ0v) is 12.0. The maximum Gasteiger partial charge on any atom is 0.169 e. The first kappa shape index (κ1) is 15.0. The van der Waals surface area contributed by atoms with Crippen LogP contribution in [0, 0.1) is 5.82 Å².